The van der Waals surface area contributed by atoms with Gasteiger partial charge in [0.15, 0.2) is 0 Å². The summed E-state index contributed by atoms with van der Waals surface area (Å²) >= 11 is 1.48. The normalized spacial score (nSPS) is 15.5. The molecule has 0 aliphatic carbocycles. The van der Waals surface area contributed by atoms with E-state index in [0.29, 0.717) is 4.88 Å². The molecule has 3 rings (SSSR count). The van der Waals surface area contributed by atoms with Crippen LogP contribution >= 0.6 is 11.3 Å². The Labute approximate surface area is 146 Å². The van der Waals surface area contributed by atoms with Crippen LogP contribution in [-0.4, -0.2) is 42.1 Å². The highest BCUT2D eigenvalue weighted by molar-refractivity contribution is 7.13. The van der Waals surface area contributed by atoms with E-state index < -0.39 is 0 Å². The lowest BCUT2D eigenvalue weighted by Crippen LogP contribution is -2.35. The fraction of sp³-hybridized carbons (Fsp3) is 0.444. The molecule has 1 N–H and O–H groups in total. The molecule has 2 aromatic rings. The molecule has 1 fully saturated rings. The van der Waals surface area contributed by atoms with E-state index >= 15 is 0 Å². The number of nitrogens with one attached hydrogen (secondary N) is 1. The lowest BCUT2D eigenvalue weighted by atomic mass is 10.1. The third kappa shape index (κ3) is 4.01. The molecule has 6 heteroatoms. The number of ether oxygens (including phenoxy) is 1. The molecule has 0 bridgehead atoms. The number of thiazole rings is 1. The zero-order valence-corrected chi connectivity index (χ0v) is 15.2. The summed E-state index contributed by atoms with van der Waals surface area (Å²) in [5.74, 6) is -0.0785. The highest BCUT2D eigenvalue weighted by atomic mass is 32.1. The molecule has 2 heterocycles. The number of nitrogens with zero attached hydrogens (tertiary/aromatic N) is 2. The topological polar surface area (TPSA) is 54.5 Å². The Hall–Kier alpha value is -1.76. The van der Waals surface area contributed by atoms with Crippen LogP contribution in [0, 0.1) is 20.8 Å². The Morgan fingerprint density at radius 3 is 2.75 bits per heavy atom. The number of rotatable bonds is 4. The fourth-order valence-electron chi connectivity index (χ4n) is 2.81. The number of aromatic nitrogens is 1. The Morgan fingerprint density at radius 2 is 2.04 bits per heavy atom. The number of carbonyl (C=O) groups excluding carboxylic acids is 1. The van der Waals surface area contributed by atoms with Crippen molar-refractivity contribution in [2.75, 3.05) is 31.6 Å². The molecule has 0 radical (unpaired) electrons. The van der Waals surface area contributed by atoms with E-state index in [1.54, 1.807) is 0 Å². The first-order chi connectivity index (χ1) is 11.5. The highest BCUT2D eigenvalue weighted by Crippen LogP contribution is 2.23. The van der Waals surface area contributed by atoms with E-state index in [4.69, 9.17) is 4.74 Å². The monoisotopic (exact) mass is 345 g/mol. The van der Waals surface area contributed by atoms with E-state index in [2.05, 4.69) is 21.3 Å². The number of amides is 1. The molecule has 1 saturated heterocycles. The summed E-state index contributed by atoms with van der Waals surface area (Å²) in [6.07, 6.45) is 0. The predicted molar refractivity (Wildman–Crippen MR) is 96.8 cm³/mol. The first-order valence-corrected chi connectivity index (χ1v) is 8.99. The molecule has 5 nitrogen and oxygen atoms in total. The Kier molecular flexibility index (Phi) is 5.28. The van der Waals surface area contributed by atoms with Gasteiger partial charge in [-0.15, -0.1) is 11.3 Å². The first-order valence-electron chi connectivity index (χ1n) is 8.18. The fourth-order valence-corrected chi connectivity index (χ4v) is 3.82. The van der Waals surface area contributed by atoms with E-state index in [0.717, 1.165) is 54.8 Å². The van der Waals surface area contributed by atoms with E-state index in [9.17, 15) is 4.79 Å². The number of hydrogen-bond acceptors (Lipinski definition) is 5. The average Bonchev–Trinajstić information content (AvgIpc) is 2.91. The lowest BCUT2D eigenvalue weighted by molar-refractivity contribution is 0.0341. The van der Waals surface area contributed by atoms with Crippen molar-refractivity contribution in [2.24, 2.45) is 0 Å². The largest absolute Gasteiger partial charge is 0.379 e. The summed E-state index contributed by atoms with van der Waals surface area (Å²) in [7, 11) is 0. The lowest BCUT2D eigenvalue weighted by Gasteiger charge is -2.25. The van der Waals surface area contributed by atoms with Crippen LogP contribution < -0.4 is 5.32 Å². The minimum Gasteiger partial charge on any atom is -0.379 e. The molecule has 128 valence electrons. The third-order valence-corrected chi connectivity index (χ3v) is 5.28. The quantitative estimate of drug-likeness (QED) is 0.925. The van der Waals surface area contributed by atoms with Crippen molar-refractivity contribution in [1.29, 1.82) is 0 Å². The Morgan fingerprint density at radius 1 is 1.29 bits per heavy atom. The van der Waals surface area contributed by atoms with Crippen molar-refractivity contribution in [3.05, 3.63) is 44.9 Å². The van der Waals surface area contributed by atoms with Crippen LogP contribution in [0.15, 0.2) is 18.2 Å². The van der Waals surface area contributed by atoms with Gasteiger partial charge in [0.1, 0.15) is 9.88 Å². The van der Waals surface area contributed by atoms with Gasteiger partial charge < -0.3 is 10.1 Å². The number of hydrogen-bond donors (Lipinski definition) is 1. The van der Waals surface area contributed by atoms with E-state index in [1.165, 1.54) is 16.9 Å². The third-order valence-electron chi connectivity index (χ3n) is 4.14. The van der Waals surface area contributed by atoms with Gasteiger partial charge >= 0.3 is 0 Å². The van der Waals surface area contributed by atoms with Gasteiger partial charge in [0.05, 0.1) is 25.5 Å². The van der Waals surface area contributed by atoms with Gasteiger partial charge in [0.25, 0.3) is 5.91 Å². The summed E-state index contributed by atoms with van der Waals surface area (Å²) in [4.78, 5) is 20.2. The second-order valence-corrected chi connectivity index (χ2v) is 7.27. The molecule has 1 aliphatic heterocycles. The number of carbonyl (C=O) groups is 1. The summed E-state index contributed by atoms with van der Waals surface area (Å²) in [6, 6.07) is 6.03. The average molecular weight is 345 g/mol. The smallest absolute Gasteiger partial charge is 0.267 e. The molecule has 1 aromatic heterocycles. The molecule has 1 aromatic carbocycles. The number of benzene rings is 1. The van der Waals surface area contributed by atoms with Crippen LogP contribution in [0.4, 0.5) is 5.69 Å². The van der Waals surface area contributed by atoms with Crippen LogP contribution in [0.2, 0.25) is 0 Å². The van der Waals surface area contributed by atoms with Crippen molar-refractivity contribution in [3.8, 4) is 0 Å². The van der Waals surface area contributed by atoms with Gasteiger partial charge in [-0.1, -0.05) is 17.7 Å². The Balaban J connectivity index is 1.70. The van der Waals surface area contributed by atoms with Gasteiger partial charge in [-0.3, -0.25) is 9.69 Å². The van der Waals surface area contributed by atoms with E-state index in [-0.39, 0.29) is 5.91 Å². The van der Waals surface area contributed by atoms with Crippen molar-refractivity contribution in [2.45, 2.75) is 27.3 Å². The zero-order chi connectivity index (χ0) is 17.1. The molecular formula is C18H23N3O2S. The number of aryl methyl sites for hydroxylation is 3. The van der Waals surface area contributed by atoms with Gasteiger partial charge in [0.2, 0.25) is 0 Å². The molecule has 0 atom stereocenters. The van der Waals surface area contributed by atoms with Gasteiger partial charge in [0, 0.05) is 18.8 Å². The minimum atomic E-state index is -0.0785. The summed E-state index contributed by atoms with van der Waals surface area (Å²) in [5, 5.41) is 4.00. The van der Waals surface area contributed by atoms with Gasteiger partial charge in [-0.25, -0.2) is 4.98 Å². The standard InChI is InChI=1S/C18H23N3O2S/c1-12-4-5-15(13(2)10-12)20-18(22)17-14(3)19-16(24-17)11-21-6-8-23-9-7-21/h4-5,10H,6-9,11H2,1-3H3,(H,20,22). The zero-order valence-electron chi connectivity index (χ0n) is 14.4. The molecule has 1 aliphatic rings. The predicted octanol–water partition coefficient (Wildman–Crippen LogP) is 3.15. The van der Waals surface area contributed by atoms with Crippen molar-refractivity contribution >= 4 is 22.9 Å². The summed E-state index contributed by atoms with van der Waals surface area (Å²) in [6.45, 7) is 10.1. The molecule has 0 saturated carbocycles. The van der Waals surface area contributed by atoms with Gasteiger partial charge in [-0.05, 0) is 32.4 Å². The SMILES string of the molecule is Cc1ccc(NC(=O)c2sc(CN3CCOCC3)nc2C)c(C)c1. The first kappa shape index (κ1) is 17.1. The van der Waals surface area contributed by atoms with Crippen LogP contribution in [0.1, 0.15) is 31.5 Å². The molecule has 0 unspecified atom stereocenters. The second-order valence-electron chi connectivity index (χ2n) is 6.18. The van der Waals surface area contributed by atoms with Crippen LogP contribution in [0.25, 0.3) is 0 Å². The maximum Gasteiger partial charge on any atom is 0.267 e. The maximum atomic E-state index is 12.6. The number of anilines is 1. The maximum absolute atomic E-state index is 12.6. The molecule has 0 spiro atoms. The van der Waals surface area contributed by atoms with Crippen LogP contribution in [0.5, 0.6) is 0 Å². The summed E-state index contributed by atoms with van der Waals surface area (Å²) < 4.78 is 5.37. The van der Waals surface area contributed by atoms with Crippen molar-refractivity contribution in [3.63, 3.8) is 0 Å². The highest BCUT2D eigenvalue weighted by Gasteiger charge is 2.18. The van der Waals surface area contributed by atoms with Crippen molar-refractivity contribution < 1.29 is 9.53 Å². The molecule has 1 amide bonds. The second kappa shape index (κ2) is 7.42. The summed E-state index contributed by atoms with van der Waals surface area (Å²) in [5.41, 5.74) is 3.91. The van der Waals surface area contributed by atoms with Crippen molar-refractivity contribution in [1.82, 2.24) is 9.88 Å². The Bertz CT molecular complexity index is 736. The van der Waals surface area contributed by atoms with E-state index in [1.807, 2.05) is 32.9 Å². The van der Waals surface area contributed by atoms with Crippen LogP contribution in [0.3, 0.4) is 0 Å². The molecular weight excluding hydrogens is 322 g/mol. The van der Waals surface area contributed by atoms with Crippen LogP contribution in [-0.2, 0) is 11.3 Å². The minimum absolute atomic E-state index is 0.0785. The van der Waals surface area contributed by atoms with Gasteiger partial charge in [-0.2, -0.15) is 0 Å². The molecule has 24 heavy (non-hydrogen) atoms. The number of morpholine rings is 1.